The van der Waals surface area contributed by atoms with Crippen LogP contribution in [0.15, 0.2) is 60.2 Å². The molecule has 1 aromatic carbocycles. The fourth-order valence-electron chi connectivity index (χ4n) is 1.80. The van der Waals surface area contributed by atoms with Crippen LogP contribution in [0.1, 0.15) is 18.9 Å². The van der Waals surface area contributed by atoms with Gasteiger partial charge in [0, 0.05) is 12.5 Å². The molecule has 0 saturated carbocycles. The first-order valence-corrected chi connectivity index (χ1v) is 5.59. The number of alkyl halides is 2. The molecule has 0 bridgehead atoms. The molecule has 0 unspecified atom stereocenters. The first kappa shape index (κ1) is 11.8. The van der Waals surface area contributed by atoms with E-state index in [1.165, 1.54) is 6.08 Å². The Bertz CT molecular complexity index is 473. The lowest BCUT2D eigenvalue weighted by Gasteiger charge is -2.10. The van der Waals surface area contributed by atoms with Crippen LogP contribution >= 0.6 is 0 Å². The van der Waals surface area contributed by atoms with Crippen molar-refractivity contribution in [3.05, 3.63) is 65.8 Å². The van der Waals surface area contributed by atoms with Crippen molar-refractivity contribution in [2.24, 2.45) is 0 Å². The molecule has 2 heteroatoms. The molecule has 0 saturated heterocycles. The van der Waals surface area contributed by atoms with Crippen molar-refractivity contribution in [1.29, 1.82) is 0 Å². The Hall–Kier alpha value is -1.70. The molecule has 17 heavy (non-hydrogen) atoms. The van der Waals surface area contributed by atoms with Crippen LogP contribution < -0.4 is 0 Å². The van der Waals surface area contributed by atoms with E-state index in [0.29, 0.717) is 6.42 Å². The van der Waals surface area contributed by atoms with Crippen LogP contribution in [0.3, 0.4) is 0 Å². The highest BCUT2D eigenvalue weighted by atomic mass is 19.3. The highest BCUT2D eigenvalue weighted by Gasteiger charge is 2.25. The monoisotopic (exact) mass is 232 g/mol. The standard InChI is InChI=1S/C15H14F2/c1-15(16,17)14-9-5-8-13(10-11-14)12-6-3-2-4-7-12/h2-4,6-11H,5H2,1H3. The Labute approximate surface area is 100.0 Å². The lowest BCUT2D eigenvalue weighted by molar-refractivity contribution is 0.0672. The van der Waals surface area contributed by atoms with Gasteiger partial charge in [0.2, 0.25) is 0 Å². The van der Waals surface area contributed by atoms with E-state index >= 15 is 0 Å². The molecule has 0 fully saturated rings. The zero-order valence-electron chi connectivity index (χ0n) is 9.66. The third-order valence-electron chi connectivity index (χ3n) is 2.73. The van der Waals surface area contributed by atoms with Gasteiger partial charge >= 0.3 is 0 Å². The highest BCUT2D eigenvalue weighted by Crippen LogP contribution is 2.28. The van der Waals surface area contributed by atoms with Gasteiger partial charge in [0.25, 0.3) is 5.92 Å². The number of halogens is 2. The largest absolute Gasteiger partial charge is 0.270 e. The maximum atomic E-state index is 13.2. The van der Waals surface area contributed by atoms with E-state index in [9.17, 15) is 8.78 Å². The van der Waals surface area contributed by atoms with Crippen molar-refractivity contribution in [1.82, 2.24) is 0 Å². The second-order valence-electron chi connectivity index (χ2n) is 4.14. The van der Waals surface area contributed by atoms with Gasteiger partial charge in [0.15, 0.2) is 0 Å². The summed E-state index contributed by atoms with van der Waals surface area (Å²) in [6.45, 7) is 0.927. The Morgan fingerprint density at radius 1 is 1.00 bits per heavy atom. The molecule has 0 amide bonds. The third kappa shape index (κ3) is 2.90. The maximum Gasteiger partial charge on any atom is 0.270 e. The molecular formula is C15H14F2. The van der Waals surface area contributed by atoms with Crippen LogP contribution in [-0.2, 0) is 0 Å². The smallest absolute Gasteiger partial charge is 0.202 e. The number of allylic oxidation sites excluding steroid dienone is 6. The molecule has 0 radical (unpaired) electrons. The number of benzene rings is 1. The minimum absolute atomic E-state index is 0.0830. The first-order valence-electron chi connectivity index (χ1n) is 5.59. The summed E-state index contributed by atoms with van der Waals surface area (Å²) in [4.78, 5) is 0. The SMILES string of the molecule is CC(F)(F)C1=CCC=C(c2ccccc2)C=C1. The van der Waals surface area contributed by atoms with E-state index in [2.05, 4.69) is 0 Å². The Morgan fingerprint density at radius 2 is 1.71 bits per heavy atom. The van der Waals surface area contributed by atoms with Gasteiger partial charge in [-0.25, -0.2) is 8.78 Å². The van der Waals surface area contributed by atoms with Gasteiger partial charge in [0.05, 0.1) is 0 Å². The highest BCUT2D eigenvalue weighted by molar-refractivity contribution is 5.75. The zero-order chi connectivity index (χ0) is 12.3. The summed E-state index contributed by atoms with van der Waals surface area (Å²) >= 11 is 0. The van der Waals surface area contributed by atoms with E-state index in [1.54, 1.807) is 12.2 Å². The molecule has 0 heterocycles. The van der Waals surface area contributed by atoms with Gasteiger partial charge in [-0.2, -0.15) is 0 Å². The molecule has 0 aliphatic heterocycles. The average molecular weight is 232 g/mol. The van der Waals surface area contributed by atoms with Crippen molar-refractivity contribution in [2.45, 2.75) is 19.3 Å². The second-order valence-corrected chi connectivity index (χ2v) is 4.14. The number of hydrogen-bond donors (Lipinski definition) is 0. The molecule has 0 N–H and O–H groups in total. The van der Waals surface area contributed by atoms with E-state index in [-0.39, 0.29) is 5.57 Å². The quantitative estimate of drug-likeness (QED) is 0.698. The summed E-state index contributed by atoms with van der Waals surface area (Å²) in [5.74, 6) is -2.77. The van der Waals surface area contributed by atoms with Crippen LogP contribution in [-0.4, -0.2) is 5.92 Å². The zero-order valence-corrected chi connectivity index (χ0v) is 9.66. The van der Waals surface area contributed by atoms with Crippen molar-refractivity contribution < 1.29 is 8.78 Å². The lowest BCUT2D eigenvalue weighted by atomic mass is 10.0. The van der Waals surface area contributed by atoms with E-state index < -0.39 is 5.92 Å². The van der Waals surface area contributed by atoms with Crippen molar-refractivity contribution in [3.8, 4) is 0 Å². The molecular weight excluding hydrogens is 218 g/mol. The van der Waals surface area contributed by atoms with Crippen LogP contribution in [0, 0.1) is 0 Å². The first-order chi connectivity index (χ1) is 8.07. The average Bonchev–Trinajstić information content (AvgIpc) is 2.55. The van der Waals surface area contributed by atoms with Gasteiger partial charge in [-0.1, -0.05) is 54.6 Å². The second kappa shape index (κ2) is 4.66. The lowest BCUT2D eigenvalue weighted by Crippen LogP contribution is -2.11. The Balaban J connectivity index is 2.25. The number of rotatable bonds is 2. The van der Waals surface area contributed by atoms with Gasteiger partial charge in [-0.3, -0.25) is 0 Å². The minimum Gasteiger partial charge on any atom is -0.202 e. The Kier molecular flexibility index (Phi) is 3.23. The molecule has 0 nitrogen and oxygen atoms in total. The van der Waals surface area contributed by atoms with Gasteiger partial charge in [0.1, 0.15) is 0 Å². The molecule has 0 spiro atoms. The molecule has 2 rings (SSSR count). The van der Waals surface area contributed by atoms with Gasteiger partial charge < -0.3 is 0 Å². The molecule has 1 aliphatic carbocycles. The molecule has 1 aliphatic rings. The fourth-order valence-corrected chi connectivity index (χ4v) is 1.80. The minimum atomic E-state index is -2.77. The van der Waals surface area contributed by atoms with Gasteiger partial charge in [-0.05, 0) is 17.6 Å². The van der Waals surface area contributed by atoms with Crippen molar-refractivity contribution >= 4 is 5.57 Å². The normalized spacial score (nSPS) is 16.2. The van der Waals surface area contributed by atoms with Crippen molar-refractivity contribution in [3.63, 3.8) is 0 Å². The van der Waals surface area contributed by atoms with E-state index in [4.69, 9.17) is 0 Å². The predicted octanol–water partition coefficient (Wildman–Crippen LogP) is 4.61. The van der Waals surface area contributed by atoms with Crippen LogP contribution in [0.2, 0.25) is 0 Å². The summed E-state index contributed by atoms with van der Waals surface area (Å²) in [5, 5.41) is 0. The maximum absolute atomic E-state index is 13.2. The Morgan fingerprint density at radius 3 is 2.35 bits per heavy atom. The third-order valence-corrected chi connectivity index (χ3v) is 2.73. The van der Waals surface area contributed by atoms with E-state index in [1.807, 2.05) is 36.4 Å². The van der Waals surface area contributed by atoms with Crippen LogP contribution in [0.25, 0.3) is 5.57 Å². The van der Waals surface area contributed by atoms with Crippen LogP contribution in [0.4, 0.5) is 8.78 Å². The summed E-state index contributed by atoms with van der Waals surface area (Å²) < 4.78 is 26.4. The van der Waals surface area contributed by atoms with Crippen LogP contribution in [0.5, 0.6) is 0 Å². The summed E-state index contributed by atoms with van der Waals surface area (Å²) in [6, 6.07) is 9.78. The fraction of sp³-hybridized carbons (Fsp3) is 0.200. The summed E-state index contributed by atoms with van der Waals surface area (Å²) in [5.41, 5.74) is 2.12. The molecule has 0 atom stereocenters. The summed E-state index contributed by atoms with van der Waals surface area (Å²) in [6.07, 6.45) is 7.34. The van der Waals surface area contributed by atoms with E-state index in [0.717, 1.165) is 18.1 Å². The summed E-state index contributed by atoms with van der Waals surface area (Å²) in [7, 11) is 0. The topological polar surface area (TPSA) is 0 Å². The van der Waals surface area contributed by atoms with Crippen molar-refractivity contribution in [2.75, 3.05) is 0 Å². The number of hydrogen-bond acceptors (Lipinski definition) is 0. The molecule has 1 aromatic rings. The molecule has 88 valence electrons. The van der Waals surface area contributed by atoms with Gasteiger partial charge in [-0.15, -0.1) is 0 Å². The predicted molar refractivity (Wildman–Crippen MR) is 66.9 cm³/mol. The molecule has 0 aromatic heterocycles.